The minimum absolute atomic E-state index is 0.688. The summed E-state index contributed by atoms with van der Waals surface area (Å²) in [6.45, 7) is 0. The first-order valence-electron chi connectivity index (χ1n) is 2.93. The van der Waals surface area contributed by atoms with E-state index in [4.69, 9.17) is 0 Å². The lowest BCUT2D eigenvalue weighted by Gasteiger charge is -2.05. The smallest absolute Gasteiger partial charge is 0.152 e. The molecule has 0 aliphatic heterocycles. The number of aromatic nitrogens is 2. The van der Waals surface area contributed by atoms with Gasteiger partial charge in [0.2, 0.25) is 0 Å². The summed E-state index contributed by atoms with van der Waals surface area (Å²) >= 11 is 8.76. The number of hydrogen-bond donors (Lipinski definition) is 1. The van der Waals surface area contributed by atoms with Gasteiger partial charge in [0.1, 0.15) is 9.39 Å². The van der Waals surface area contributed by atoms with Crippen LogP contribution in [-0.2, 0) is 12.4 Å². The van der Waals surface area contributed by atoms with Gasteiger partial charge in [0.25, 0.3) is 0 Å². The number of nitrogens with zero attached hydrogens (tertiary/aromatic N) is 3. The molecule has 0 amide bonds. The van der Waals surface area contributed by atoms with E-state index in [9.17, 15) is 0 Å². The summed E-state index contributed by atoms with van der Waals surface area (Å²) in [5.74, 6) is 0. The molecule has 0 saturated carbocycles. The van der Waals surface area contributed by atoms with Gasteiger partial charge in [-0.3, -0.25) is 0 Å². The van der Waals surface area contributed by atoms with E-state index in [2.05, 4.69) is 54.9 Å². The van der Waals surface area contributed by atoms with Crippen molar-refractivity contribution >= 4 is 69.0 Å². The van der Waals surface area contributed by atoms with E-state index < -0.39 is 0 Å². The molecule has 1 heterocycles. The second kappa shape index (κ2) is 4.56. The van der Waals surface area contributed by atoms with Crippen molar-refractivity contribution in [2.75, 3.05) is 12.4 Å². The molecule has 0 unspecified atom stereocenters. The Morgan fingerprint density at radius 1 is 1.33 bits per heavy atom. The van der Waals surface area contributed by atoms with Gasteiger partial charge in [-0.2, -0.15) is 4.36 Å². The van der Waals surface area contributed by atoms with Crippen molar-refractivity contribution < 1.29 is 0 Å². The average Bonchev–Trinajstić information content (AvgIpc) is 2.08. The Morgan fingerprint density at radius 2 is 1.92 bits per heavy atom. The molecule has 1 N–H and O–H groups in total. The van der Waals surface area contributed by atoms with Gasteiger partial charge in [-0.25, -0.2) is 0 Å². The Morgan fingerprint density at radius 3 is 2.33 bits per heavy atom. The van der Waals surface area contributed by atoms with Crippen LogP contribution in [-0.4, -0.2) is 17.2 Å². The summed E-state index contributed by atoms with van der Waals surface area (Å²) in [6.07, 6.45) is 0. The molecule has 0 saturated heterocycles. The van der Waals surface area contributed by atoms with Gasteiger partial charge in [0, 0.05) is 19.5 Å². The van der Waals surface area contributed by atoms with Crippen molar-refractivity contribution in [2.24, 2.45) is 4.36 Å². The fourth-order valence-electron chi connectivity index (χ4n) is 0.691. The first kappa shape index (κ1) is 10.4. The Hall–Kier alpha value is 0.360. The summed E-state index contributed by atoms with van der Waals surface area (Å²) in [4.78, 5) is 0. The lowest BCUT2D eigenvalue weighted by molar-refractivity contribution is 0.977. The van der Waals surface area contributed by atoms with Crippen LogP contribution in [0.4, 0.5) is 11.4 Å². The van der Waals surface area contributed by atoms with Gasteiger partial charge in [-0.05, 0) is 45.2 Å². The normalized spacial score (nSPS) is 9.58. The predicted octanol–water partition coefficient (Wildman–Crippen LogP) is 2.09. The van der Waals surface area contributed by atoms with Crippen molar-refractivity contribution in [3.8, 4) is 0 Å². The largest absolute Gasteiger partial charge is 0.384 e. The van der Waals surface area contributed by atoms with Crippen LogP contribution in [0, 0.1) is 7.40 Å². The highest BCUT2D eigenvalue weighted by atomic mass is 127. The summed E-state index contributed by atoms with van der Waals surface area (Å²) in [7, 11) is 1.80. The van der Waals surface area contributed by atoms with Gasteiger partial charge < -0.3 is 5.32 Å². The van der Waals surface area contributed by atoms with Crippen molar-refractivity contribution in [1.82, 2.24) is 10.2 Å². The number of hydrogen-bond acceptors (Lipinski definition) is 5. The summed E-state index contributed by atoms with van der Waals surface area (Å²) in [5.41, 5.74) is 1.53. The topological polar surface area (TPSA) is 50.2 Å². The van der Waals surface area contributed by atoms with E-state index in [-0.39, 0.29) is 0 Å². The molecule has 0 fully saturated rings. The zero-order chi connectivity index (χ0) is 9.14. The molecular formula is C5H4I2N4S. The average molecular weight is 406 g/mol. The standard InChI is InChI=1S/C5H4I2N4S/c1-8-2-3(11-12)5(7)10-9-4(2)6/h1H3,(H,8,10). The maximum absolute atomic E-state index is 4.63. The fourth-order valence-corrected chi connectivity index (χ4v) is 2.16. The molecule has 12 heavy (non-hydrogen) atoms. The van der Waals surface area contributed by atoms with Crippen LogP contribution in [0.1, 0.15) is 0 Å². The molecule has 0 aromatic carbocycles. The van der Waals surface area contributed by atoms with Crippen molar-refractivity contribution in [3.05, 3.63) is 7.40 Å². The lowest BCUT2D eigenvalue weighted by atomic mass is 10.4. The molecule has 1 aromatic rings. The molecule has 0 bridgehead atoms. The molecule has 0 atom stereocenters. The van der Waals surface area contributed by atoms with Crippen LogP contribution in [0.2, 0.25) is 0 Å². The Bertz CT molecular complexity index is 317. The zero-order valence-electron chi connectivity index (χ0n) is 6.01. The first-order chi connectivity index (χ1) is 5.70. The summed E-state index contributed by atoms with van der Waals surface area (Å²) in [6, 6.07) is 0. The van der Waals surface area contributed by atoms with Crippen LogP contribution in [0.15, 0.2) is 4.36 Å². The maximum atomic E-state index is 4.63. The third-order valence-electron chi connectivity index (χ3n) is 1.21. The van der Waals surface area contributed by atoms with E-state index in [1.807, 2.05) is 22.6 Å². The maximum Gasteiger partial charge on any atom is 0.152 e. The van der Waals surface area contributed by atoms with Gasteiger partial charge in [-0.15, -0.1) is 10.2 Å². The SMILES string of the molecule is CNc1c(I)nnc(I)c1N=S. The Labute approximate surface area is 102 Å². The Kier molecular flexibility index (Phi) is 3.96. The van der Waals surface area contributed by atoms with E-state index in [1.165, 1.54) is 0 Å². The van der Waals surface area contributed by atoms with Gasteiger partial charge in [-0.1, -0.05) is 0 Å². The molecule has 64 valence electrons. The predicted molar refractivity (Wildman–Crippen MR) is 66.5 cm³/mol. The first-order valence-corrected chi connectivity index (χ1v) is 5.45. The highest BCUT2D eigenvalue weighted by Crippen LogP contribution is 2.30. The molecular weight excluding hydrogens is 402 g/mol. The van der Waals surface area contributed by atoms with Crippen LogP contribution in [0.25, 0.3) is 0 Å². The van der Waals surface area contributed by atoms with Crippen LogP contribution in [0.5, 0.6) is 0 Å². The molecule has 0 aliphatic rings. The molecule has 0 aliphatic carbocycles. The van der Waals surface area contributed by atoms with E-state index in [1.54, 1.807) is 7.05 Å². The van der Waals surface area contributed by atoms with Crippen molar-refractivity contribution in [2.45, 2.75) is 0 Å². The molecule has 0 radical (unpaired) electrons. The third kappa shape index (κ3) is 1.99. The second-order valence-corrected chi connectivity index (χ2v) is 4.07. The fraction of sp³-hybridized carbons (Fsp3) is 0.200. The summed E-state index contributed by atoms with van der Waals surface area (Å²) < 4.78 is 5.20. The van der Waals surface area contributed by atoms with Crippen molar-refractivity contribution in [1.29, 1.82) is 0 Å². The van der Waals surface area contributed by atoms with E-state index >= 15 is 0 Å². The molecule has 1 rings (SSSR count). The molecule has 0 spiro atoms. The van der Waals surface area contributed by atoms with E-state index in [0.29, 0.717) is 9.39 Å². The molecule has 1 aromatic heterocycles. The molecule has 4 nitrogen and oxygen atoms in total. The Balaban J connectivity index is 3.38. The lowest BCUT2D eigenvalue weighted by Crippen LogP contribution is -1.99. The number of anilines is 1. The van der Waals surface area contributed by atoms with Crippen LogP contribution < -0.4 is 5.32 Å². The number of nitrogens with one attached hydrogen (secondary N) is 1. The van der Waals surface area contributed by atoms with Gasteiger partial charge >= 0.3 is 0 Å². The number of halogens is 2. The monoisotopic (exact) mass is 406 g/mol. The highest BCUT2D eigenvalue weighted by molar-refractivity contribution is 14.1. The second-order valence-electron chi connectivity index (χ2n) is 1.85. The van der Waals surface area contributed by atoms with Crippen LogP contribution >= 0.6 is 45.2 Å². The van der Waals surface area contributed by atoms with Gasteiger partial charge in [0.05, 0.1) is 5.69 Å². The minimum atomic E-state index is 0.688. The molecule has 7 heteroatoms. The van der Waals surface area contributed by atoms with Crippen LogP contribution in [0.3, 0.4) is 0 Å². The zero-order valence-corrected chi connectivity index (χ0v) is 11.1. The van der Waals surface area contributed by atoms with E-state index in [0.717, 1.165) is 9.39 Å². The minimum Gasteiger partial charge on any atom is -0.384 e. The quantitative estimate of drug-likeness (QED) is 0.765. The highest BCUT2D eigenvalue weighted by Gasteiger charge is 2.10. The number of rotatable bonds is 2. The van der Waals surface area contributed by atoms with Crippen molar-refractivity contribution in [3.63, 3.8) is 0 Å². The summed E-state index contributed by atoms with van der Waals surface area (Å²) in [5, 5.41) is 10.8. The van der Waals surface area contributed by atoms with Gasteiger partial charge in [0.15, 0.2) is 3.70 Å². The third-order valence-corrected chi connectivity index (χ3v) is 2.87.